The summed E-state index contributed by atoms with van der Waals surface area (Å²) in [6.45, 7) is 2.00. The fourth-order valence-corrected chi connectivity index (χ4v) is 4.07. The molecule has 2 N–H and O–H groups in total. The number of thioether (sulfide) groups is 1. The summed E-state index contributed by atoms with van der Waals surface area (Å²) in [5.41, 5.74) is 1.69. The molecule has 6 nitrogen and oxygen atoms in total. The van der Waals surface area contributed by atoms with E-state index in [4.69, 9.17) is 9.47 Å². The second-order valence-electron chi connectivity index (χ2n) is 6.62. The molecule has 7 heteroatoms. The first kappa shape index (κ1) is 18.8. The zero-order chi connectivity index (χ0) is 19.2. The first-order chi connectivity index (χ1) is 13.8. The van der Waals surface area contributed by atoms with E-state index < -0.39 is 0 Å². The molecule has 1 aromatic carbocycles. The molecule has 0 unspecified atom stereocenters. The van der Waals surface area contributed by atoms with Crippen LogP contribution in [-0.2, 0) is 4.74 Å². The summed E-state index contributed by atoms with van der Waals surface area (Å²) in [6, 6.07) is 11.6. The number of aromatic nitrogens is 2. The highest BCUT2D eigenvalue weighted by molar-refractivity contribution is 7.99. The zero-order valence-electron chi connectivity index (χ0n) is 15.5. The van der Waals surface area contributed by atoms with Crippen molar-refractivity contribution >= 4 is 28.6 Å². The van der Waals surface area contributed by atoms with Crippen molar-refractivity contribution < 1.29 is 14.3 Å². The van der Waals surface area contributed by atoms with Gasteiger partial charge in [0.1, 0.15) is 6.10 Å². The van der Waals surface area contributed by atoms with Gasteiger partial charge in [-0.25, -0.2) is 4.98 Å². The lowest BCUT2D eigenvalue weighted by Crippen LogP contribution is -2.27. The summed E-state index contributed by atoms with van der Waals surface area (Å²) < 4.78 is 11.2. The molecule has 3 heterocycles. The lowest BCUT2D eigenvalue weighted by Gasteiger charge is -2.22. The van der Waals surface area contributed by atoms with Gasteiger partial charge in [0, 0.05) is 65.0 Å². The minimum absolute atomic E-state index is 0.104. The lowest BCUT2D eigenvalue weighted by atomic mass is 10.1. The van der Waals surface area contributed by atoms with E-state index in [-0.39, 0.29) is 12.0 Å². The molecule has 0 saturated carbocycles. The Balaban J connectivity index is 1.27. The van der Waals surface area contributed by atoms with E-state index in [1.165, 1.54) is 10.3 Å². The molecule has 28 heavy (non-hydrogen) atoms. The first-order valence-electron chi connectivity index (χ1n) is 9.47. The third kappa shape index (κ3) is 4.66. The monoisotopic (exact) mass is 397 g/mol. The van der Waals surface area contributed by atoms with E-state index in [0.717, 1.165) is 24.1 Å². The van der Waals surface area contributed by atoms with Crippen LogP contribution in [-0.4, -0.2) is 47.5 Å². The summed E-state index contributed by atoms with van der Waals surface area (Å²) in [5, 5.41) is 4.18. The molecule has 4 rings (SSSR count). The Morgan fingerprint density at radius 2 is 2.14 bits per heavy atom. The number of nitrogens with one attached hydrogen (secondary N) is 2. The highest BCUT2D eigenvalue weighted by atomic mass is 32.2. The van der Waals surface area contributed by atoms with Crippen LogP contribution in [0.1, 0.15) is 23.2 Å². The predicted octanol–water partition coefficient (Wildman–Crippen LogP) is 3.64. The highest BCUT2D eigenvalue weighted by Crippen LogP contribution is 2.27. The van der Waals surface area contributed by atoms with Crippen molar-refractivity contribution in [2.45, 2.75) is 23.8 Å². The maximum atomic E-state index is 12.4. The zero-order valence-corrected chi connectivity index (χ0v) is 16.3. The van der Waals surface area contributed by atoms with E-state index in [9.17, 15) is 4.79 Å². The summed E-state index contributed by atoms with van der Waals surface area (Å²) >= 11 is 1.73. The van der Waals surface area contributed by atoms with Gasteiger partial charge in [-0.3, -0.25) is 4.79 Å². The number of rotatable bonds is 7. The van der Waals surface area contributed by atoms with E-state index in [2.05, 4.69) is 27.4 Å². The summed E-state index contributed by atoms with van der Waals surface area (Å²) in [6.07, 6.45) is 5.43. The third-order valence-electron chi connectivity index (χ3n) is 4.65. The average molecular weight is 398 g/mol. The van der Waals surface area contributed by atoms with Crippen molar-refractivity contribution in [3.63, 3.8) is 0 Å². The Morgan fingerprint density at radius 3 is 3.04 bits per heavy atom. The van der Waals surface area contributed by atoms with Crippen molar-refractivity contribution in [3.8, 4) is 5.88 Å². The van der Waals surface area contributed by atoms with Crippen LogP contribution < -0.4 is 10.1 Å². The number of hydrogen-bond acceptors (Lipinski definition) is 5. The molecule has 0 atom stereocenters. The molecule has 1 aliphatic rings. The van der Waals surface area contributed by atoms with Crippen LogP contribution in [0.4, 0.5) is 0 Å². The highest BCUT2D eigenvalue weighted by Gasteiger charge is 2.16. The SMILES string of the molecule is O=C(NCCSc1c[nH]c2ccccc12)c1ccnc(OC2CCOCC2)c1. The number of H-pyrrole nitrogens is 1. The van der Waals surface area contributed by atoms with Gasteiger partial charge in [-0.2, -0.15) is 0 Å². The Kier molecular flexibility index (Phi) is 6.14. The Bertz CT molecular complexity index is 937. The number of nitrogens with zero attached hydrogens (tertiary/aromatic N) is 1. The van der Waals surface area contributed by atoms with Crippen LogP contribution in [0.2, 0.25) is 0 Å². The fraction of sp³-hybridized carbons (Fsp3) is 0.333. The van der Waals surface area contributed by atoms with Gasteiger partial charge in [-0.05, 0) is 12.1 Å². The maximum absolute atomic E-state index is 12.4. The summed E-state index contributed by atoms with van der Waals surface area (Å²) in [5.74, 6) is 1.18. The normalized spacial score (nSPS) is 14.9. The van der Waals surface area contributed by atoms with Crippen molar-refractivity contribution in [2.24, 2.45) is 0 Å². The molecular formula is C21H23N3O3S. The van der Waals surface area contributed by atoms with Crippen LogP contribution in [0.25, 0.3) is 10.9 Å². The number of ether oxygens (including phenoxy) is 2. The quantitative estimate of drug-likeness (QED) is 0.470. The average Bonchev–Trinajstić information content (AvgIpc) is 3.15. The molecule has 0 radical (unpaired) electrons. The van der Waals surface area contributed by atoms with Crippen LogP contribution >= 0.6 is 11.8 Å². The number of carbonyl (C=O) groups excluding carboxylic acids is 1. The first-order valence-corrected chi connectivity index (χ1v) is 10.5. The van der Waals surface area contributed by atoms with Gasteiger partial charge in [0.15, 0.2) is 0 Å². The van der Waals surface area contributed by atoms with Crippen molar-refractivity contribution in [2.75, 3.05) is 25.5 Å². The van der Waals surface area contributed by atoms with Gasteiger partial charge in [0.25, 0.3) is 5.91 Å². The molecule has 0 spiro atoms. The molecule has 146 valence electrons. The van der Waals surface area contributed by atoms with Gasteiger partial charge in [0.2, 0.25) is 5.88 Å². The van der Waals surface area contributed by atoms with Crippen LogP contribution in [0.3, 0.4) is 0 Å². The molecule has 3 aromatic rings. The molecule has 1 aliphatic heterocycles. The number of carbonyl (C=O) groups is 1. The Morgan fingerprint density at radius 1 is 1.29 bits per heavy atom. The number of aromatic amines is 1. The van der Waals surface area contributed by atoms with Gasteiger partial charge in [0.05, 0.1) is 13.2 Å². The standard InChI is InChI=1S/C21H23N3O3S/c25-21(15-5-8-22-20(13-15)27-16-6-10-26-11-7-16)23-9-12-28-19-14-24-18-4-2-1-3-17(18)19/h1-5,8,13-14,16,24H,6-7,9-12H2,(H,23,25). The molecule has 2 aromatic heterocycles. The second-order valence-corrected chi connectivity index (χ2v) is 7.75. The largest absolute Gasteiger partial charge is 0.474 e. The maximum Gasteiger partial charge on any atom is 0.251 e. The molecule has 1 saturated heterocycles. The predicted molar refractivity (Wildman–Crippen MR) is 110 cm³/mol. The number of amides is 1. The van der Waals surface area contributed by atoms with E-state index in [1.54, 1.807) is 30.1 Å². The molecule has 0 aliphatic carbocycles. The summed E-state index contributed by atoms with van der Waals surface area (Å²) in [4.78, 5) is 21.1. The lowest BCUT2D eigenvalue weighted by molar-refractivity contribution is 0.0237. The third-order valence-corrected chi connectivity index (χ3v) is 5.71. The molecule has 0 bridgehead atoms. The van der Waals surface area contributed by atoms with E-state index in [0.29, 0.717) is 31.2 Å². The number of hydrogen-bond donors (Lipinski definition) is 2. The Hall–Kier alpha value is -2.51. The van der Waals surface area contributed by atoms with Crippen molar-refractivity contribution in [3.05, 3.63) is 54.4 Å². The van der Waals surface area contributed by atoms with Gasteiger partial charge >= 0.3 is 0 Å². The minimum Gasteiger partial charge on any atom is -0.474 e. The van der Waals surface area contributed by atoms with Crippen LogP contribution in [0, 0.1) is 0 Å². The van der Waals surface area contributed by atoms with E-state index >= 15 is 0 Å². The van der Waals surface area contributed by atoms with Gasteiger partial charge in [-0.1, -0.05) is 18.2 Å². The number of pyridine rings is 1. The van der Waals surface area contributed by atoms with Crippen LogP contribution in [0.15, 0.2) is 53.7 Å². The number of para-hydroxylation sites is 1. The van der Waals surface area contributed by atoms with Gasteiger partial charge < -0.3 is 19.8 Å². The van der Waals surface area contributed by atoms with E-state index in [1.807, 2.05) is 18.3 Å². The van der Waals surface area contributed by atoms with Crippen molar-refractivity contribution in [1.82, 2.24) is 15.3 Å². The fourth-order valence-electron chi connectivity index (χ4n) is 3.17. The minimum atomic E-state index is -0.112. The smallest absolute Gasteiger partial charge is 0.251 e. The topological polar surface area (TPSA) is 76.2 Å². The molecule has 1 fully saturated rings. The van der Waals surface area contributed by atoms with Crippen molar-refractivity contribution in [1.29, 1.82) is 0 Å². The Labute approximate surface area is 168 Å². The summed E-state index contributed by atoms with van der Waals surface area (Å²) in [7, 11) is 0. The molecule has 1 amide bonds. The number of fused-ring (bicyclic) bond motifs is 1. The molecular weight excluding hydrogens is 374 g/mol. The van der Waals surface area contributed by atoms with Gasteiger partial charge in [-0.15, -0.1) is 11.8 Å². The van der Waals surface area contributed by atoms with Crippen LogP contribution in [0.5, 0.6) is 5.88 Å². The number of benzene rings is 1. The second kappa shape index (κ2) is 9.12.